The minimum atomic E-state index is 0.736. The van der Waals surface area contributed by atoms with E-state index < -0.39 is 0 Å². The second-order valence-corrected chi connectivity index (χ2v) is 5.62. The summed E-state index contributed by atoms with van der Waals surface area (Å²) in [4.78, 5) is 2.24. The Morgan fingerprint density at radius 1 is 0.958 bits per heavy atom. The molecule has 0 bridgehead atoms. The van der Waals surface area contributed by atoms with Crippen molar-refractivity contribution >= 4 is 5.69 Å². The Hall–Kier alpha value is -2.82. The SMILES string of the molecule is COC1=CN(CCc2ccc(OC)cc2)CN(c2ccccc2)N1. The first kappa shape index (κ1) is 16.1. The zero-order valence-corrected chi connectivity index (χ0v) is 14.1. The fourth-order valence-electron chi connectivity index (χ4n) is 2.64. The molecule has 1 heterocycles. The topological polar surface area (TPSA) is 37.0 Å². The lowest BCUT2D eigenvalue weighted by atomic mass is 10.1. The Bertz CT molecular complexity index is 671. The predicted octanol–water partition coefficient (Wildman–Crippen LogP) is 2.97. The lowest BCUT2D eigenvalue weighted by Gasteiger charge is -2.36. The van der Waals surface area contributed by atoms with Gasteiger partial charge in [-0.15, -0.1) is 0 Å². The molecule has 0 aliphatic carbocycles. The van der Waals surface area contributed by atoms with Crippen LogP contribution in [0, 0.1) is 0 Å². The lowest BCUT2D eigenvalue weighted by molar-refractivity contribution is 0.211. The molecule has 0 aromatic heterocycles. The molecule has 1 aliphatic heterocycles. The first-order valence-corrected chi connectivity index (χ1v) is 8.00. The normalized spacial score (nSPS) is 14.0. The molecule has 0 radical (unpaired) electrons. The van der Waals surface area contributed by atoms with E-state index in [4.69, 9.17) is 9.47 Å². The number of rotatable bonds is 6. The molecule has 0 unspecified atom stereocenters. The van der Waals surface area contributed by atoms with Crippen LogP contribution in [-0.4, -0.2) is 32.3 Å². The number of benzene rings is 2. The van der Waals surface area contributed by atoms with Crippen LogP contribution in [0.1, 0.15) is 5.56 Å². The molecule has 3 rings (SSSR count). The Labute approximate surface area is 143 Å². The lowest BCUT2D eigenvalue weighted by Crippen LogP contribution is -2.49. The number of ether oxygens (including phenoxy) is 2. The van der Waals surface area contributed by atoms with Crippen molar-refractivity contribution in [1.82, 2.24) is 10.3 Å². The maximum absolute atomic E-state index is 5.41. The Kier molecular flexibility index (Phi) is 5.11. The van der Waals surface area contributed by atoms with Crippen LogP contribution in [-0.2, 0) is 11.2 Å². The first-order valence-electron chi connectivity index (χ1n) is 8.00. The van der Waals surface area contributed by atoms with Gasteiger partial charge in [0.2, 0.25) is 5.88 Å². The Morgan fingerprint density at radius 2 is 1.71 bits per heavy atom. The highest BCUT2D eigenvalue weighted by molar-refractivity contribution is 5.45. The van der Waals surface area contributed by atoms with Gasteiger partial charge in [-0.2, -0.15) is 0 Å². The summed E-state index contributed by atoms with van der Waals surface area (Å²) in [6.07, 6.45) is 2.98. The summed E-state index contributed by atoms with van der Waals surface area (Å²) < 4.78 is 10.6. The van der Waals surface area contributed by atoms with Gasteiger partial charge in [-0.3, -0.25) is 10.4 Å². The van der Waals surface area contributed by atoms with Crippen molar-refractivity contribution in [3.05, 3.63) is 72.2 Å². The third-order valence-electron chi connectivity index (χ3n) is 4.00. The van der Waals surface area contributed by atoms with Gasteiger partial charge in [0.05, 0.1) is 26.1 Å². The second kappa shape index (κ2) is 7.64. The summed E-state index contributed by atoms with van der Waals surface area (Å²) in [5, 5.41) is 2.08. The van der Waals surface area contributed by atoms with Crippen LogP contribution in [0.3, 0.4) is 0 Å². The van der Waals surface area contributed by atoms with Crippen molar-refractivity contribution < 1.29 is 9.47 Å². The molecular formula is C19H23N3O2. The Balaban J connectivity index is 1.65. The number of methoxy groups -OCH3 is 2. The van der Waals surface area contributed by atoms with Crippen LogP contribution in [0.5, 0.6) is 5.75 Å². The van der Waals surface area contributed by atoms with Gasteiger partial charge in [-0.25, -0.2) is 0 Å². The molecule has 2 aromatic carbocycles. The summed E-state index contributed by atoms with van der Waals surface area (Å²) in [7, 11) is 3.36. The van der Waals surface area contributed by atoms with E-state index in [0.29, 0.717) is 0 Å². The van der Waals surface area contributed by atoms with Crippen molar-refractivity contribution in [2.24, 2.45) is 0 Å². The van der Waals surface area contributed by atoms with Gasteiger partial charge in [-0.05, 0) is 36.2 Å². The van der Waals surface area contributed by atoms with Gasteiger partial charge >= 0.3 is 0 Å². The third kappa shape index (κ3) is 3.93. The van der Waals surface area contributed by atoms with Crippen molar-refractivity contribution in [3.63, 3.8) is 0 Å². The van der Waals surface area contributed by atoms with E-state index in [2.05, 4.69) is 39.6 Å². The summed E-state index contributed by atoms with van der Waals surface area (Å²) in [6, 6.07) is 18.4. The monoisotopic (exact) mass is 325 g/mol. The molecule has 2 aromatic rings. The maximum atomic E-state index is 5.41. The highest BCUT2D eigenvalue weighted by Crippen LogP contribution is 2.17. The van der Waals surface area contributed by atoms with E-state index >= 15 is 0 Å². The average Bonchev–Trinajstić information content (AvgIpc) is 2.67. The standard InChI is InChI=1S/C19H23N3O2/c1-23-18-10-8-16(9-11-18)12-13-21-14-19(24-2)20-22(15-21)17-6-4-3-5-7-17/h3-11,14,20H,12-13,15H2,1-2H3. The molecule has 24 heavy (non-hydrogen) atoms. The zero-order chi connectivity index (χ0) is 16.8. The van der Waals surface area contributed by atoms with Crippen LogP contribution in [0.4, 0.5) is 5.69 Å². The molecule has 5 heteroatoms. The number of hydrazine groups is 1. The molecule has 0 amide bonds. The van der Waals surface area contributed by atoms with Crippen LogP contribution >= 0.6 is 0 Å². The molecule has 1 aliphatic rings. The van der Waals surface area contributed by atoms with Crippen molar-refractivity contribution in [2.45, 2.75) is 6.42 Å². The molecule has 0 saturated heterocycles. The number of nitrogens with one attached hydrogen (secondary N) is 1. The van der Waals surface area contributed by atoms with Gasteiger partial charge in [-0.1, -0.05) is 30.3 Å². The van der Waals surface area contributed by atoms with E-state index in [1.54, 1.807) is 14.2 Å². The molecule has 1 N–H and O–H groups in total. The zero-order valence-electron chi connectivity index (χ0n) is 14.1. The fraction of sp³-hybridized carbons (Fsp3) is 0.263. The minimum Gasteiger partial charge on any atom is -0.497 e. The molecule has 0 spiro atoms. The first-order chi connectivity index (χ1) is 11.8. The van der Waals surface area contributed by atoms with E-state index in [9.17, 15) is 0 Å². The van der Waals surface area contributed by atoms with Crippen LogP contribution < -0.4 is 15.2 Å². The minimum absolute atomic E-state index is 0.736. The Morgan fingerprint density at radius 3 is 2.38 bits per heavy atom. The second-order valence-electron chi connectivity index (χ2n) is 5.62. The van der Waals surface area contributed by atoms with Gasteiger partial charge in [0, 0.05) is 6.54 Å². The third-order valence-corrected chi connectivity index (χ3v) is 4.00. The van der Waals surface area contributed by atoms with Gasteiger partial charge in [0.25, 0.3) is 0 Å². The van der Waals surface area contributed by atoms with E-state index in [0.717, 1.165) is 37.0 Å². The van der Waals surface area contributed by atoms with Gasteiger partial charge < -0.3 is 14.4 Å². The molecule has 0 saturated carbocycles. The smallest absolute Gasteiger partial charge is 0.222 e. The van der Waals surface area contributed by atoms with Crippen LogP contribution in [0.15, 0.2) is 66.7 Å². The molecule has 0 atom stereocenters. The summed E-state index contributed by atoms with van der Waals surface area (Å²) in [5.41, 5.74) is 5.67. The van der Waals surface area contributed by atoms with E-state index in [1.807, 2.05) is 36.5 Å². The summed E-state index contributed by atoms with van der Waals surface area (Å²) in [6.45, 7) is 1.66. The molecule has 5 nitrogen and oxygen atoms in total. The average molecular weight is 325 g/mol. The van der Waals surface area contributed by atoms with Gasteiger partial charge in [0.1, 0.15) is 12.4 Å². The number of para-hydroxylation sites is 1. The van der Waals surface area contributed by atoms with E-state index in [1.165, 1.54) is 5.56 Å². The highest BCUT2D eigenvalue weighted by Gasteiger charge is 2.17. The van der Waals surface area contributed by atoms with Crippen molar-refractivity contribution in [3.8, 4) is 5.75 Å². The largest absolute Gasteiger partial charge is 0.497 e. The molecule has 0 fully saturated rings. The molecular weight excluding hydrogens is 302 g/mol. The summed E-state index contributed by atoms with van der Waals surface area (Å²) >= 11 is 0. The van der Waals surface area contributed by atoms with Crippen molar-refractivity contribution in [1.29, 1.82) is 0 Å². The summed E-state index contributed by atoms with van der Waals surface area (Å²) in [5.74, 6) is 1.62. The van der Waals surface area contributed by atoms with Gasteiger partial charge in [0.15, 0.2) is 0 Å². The van der Waals surface area contributed by atoms with Crippen LogP contribution in [0.2, 0.25) is 0 Å². The molecule has 126 valence electrons. The number of anilines is 1. The predicted molar refractivity (Wildman–Crippen MR) is 95.4 cm³/mol. The highest BCUT2D eigenvalue weighted by atomic mass is 16.5. The van der Waals surface area contributed by atoms with E-state index in [-0.39, 0.29) is 0 Å². The fourth-order valence-corrected chi connectivity index (χ4v) is 2.64. The number of hydrogen-bond acceptors (Lipinski definition) is 5. The number of hydrogen-bond donors (Lipinski definition) is 1. The van der Waals surface area contributed by atoms with Crippen molar-refractivity contribution in [2.75, 3.05) is 32.4 Å². The maximum Gasteiger partial charge on any atom is 0.222 e. The number of nitrogens with zero attached hydrogens (tertiary/aromatic N) is 2. The van der Waals surface area contributed by atoms with Crippen LogP contribution in [0.25, 0.3) is 0 Å². The quantitative estimate of drug-likeness (QED) is 0.884.